The lowest BCUT2D eigenvalue weighted by molar-refractivity contribution is -0.207. The molecule has 1 atom stereocenters. The number of cyclic esters (lactones) is 1. The summed E-state index contributed by atoms with van der Waals surface area (Å²) in [4.78, 5) is 15.5. The van der Waals surface area contributed by atoms with Crippen LogP contribution >= 0.6 is 0 Å². The average Bonchev–Trinajstić information content (AvgIpc) is 3.29. The summed E-state index contributed by atoms with van der Waals surface area (Å²) in [6, 6.07) is 2.23. The topological polar surface area (TPSA) is 60.1 Å². The van der Waals surface area contributed by atoms with Crippen LogP contribution in [0.15, 0.2) is 24.0 Å². The van der Waals surface area contributed by atoms with Crippen LogP contribution in [0.1, 0.15) is 83.8 Å². The average molecular weight is 472 g/mol. The highest BCUT2D eigenvalue weighted by atomic mass is 19.1. The van der Waals surface area contributed by atoms with Gasteiger partial charge in [0.05, 0.1) is 6.08 Å². The molecule has 1 unspecified atom stereocenters. The molecule has 5 nitrogen and oxygen atoms in total. The van der Waals surface area contributed by atoms with Gasteiger partial charge in [0, 0.05) is 38.7 Å². The number of ether oxygens (including phenoxy) is 2. The Balaban J connectivity index is 1.98. The molecule has 1 aromatic carbocycles. The molecule has 7 heteroatoms. The van der Waals surface area contributed by atoms with Crippen molar-refractivity contribution in [2.24, 2.45) is 5.92 Å². The zero-order valence-corrected chi connectivity index (χ0v) is 20.1. The standard InChI is InChI=1S/C27H31F2NO4/c1-6-26(7-2,30-5)24-21(28)14-18(15-22(24)29)12-13-27(32,19-10-8-9-11-19)17-20-16-23(31)34-25(3,4)33-20/h14-16,19,32H,6-11,17H2,1-4H3. The van der Waals surface area contributed by atoms with Gasteiger partial charge in [0.15, 0.2) is 0 Å². The molecule has 182 valence electrons. The smallest absolute Gasteiger partial charge is 0.337 e. The molecule has 0 amide bonds. The van der Waals surface area contributed by atoms with Crippen LogP contribution in [0, 0.1) is 36.0 Å². The zero-order valence-electron chi connectivity index (χ0n) is 20.1. The number of hydrogen-bond donors (Lipinski definition) is 1. The molecule has 1 aliphatic carbocycles. The van der Waals surface area contributed by atoms with Crippen LogP contribution in [-0.2, 0) is 19.8 Å². The number of carbonyl (C=O) groups is 1. The lowest BCUT2D eigenvalue weighted by Crippen LogP contribution is -2.40. The van der Waals surface area contributed by atoms with Crippen molar-refractivity contribution in [1.82, 2.24) is 0 Å². The van der Waals surface area contributed by atoms with Gasteiger partial charge in [0.25, 0.3) is 5.54 Å². The van der Waals surface area contributed by atoms with E-state index in [2.05, 4.69) is 16.7 Å². The van der Waals surface area contributed by atoms with Gasteiger partial charge in [-0.1, -0.05) is 38.5 Å². The maximum absolute atomic E-state index is 15.0. The van der Waals surface area contributed by atoms with Crippen LogP contribution in [-0.4, -0.2) is 22.5 Å². The Hall–Kier alpha value is -2.90. The Labute approximate surface area is 200 Å². The van der Waals surface area contributed by atoms with Crippen LogP contribution in [0.25, 0.3) is 4.85 Å². The molecule has 1 fully saturated rings. The van der Waals surface area contributed by atoms with Crippen molar-refractivity contribution < 1.29 is 28.2 Å². The lowest BCUT2D eigenvalue weighted by atomic mass is 9.82. The SMILES string of the molecule is [C-]#[N+]C(CC)(CC)c1c(F)cc(C#CC(O)(CC2=CC(=O)OC(C)(C)O2)C2CCCC2)cc1F. The highest BCUT2D eigenvalue weighted by Crippen LogP contribution is 2.40. The van der Waals surface area contributed by atoms with E-state index in [4.69, 9.17) is 16.0 Å². The number of aliphatic hydroxyl groups is 1. The van der Waals surface area contributed by atoms with Crippen molar-refractivity contribution >= 4 is 5.97 Å². The molecule has 0 radical (unpaired) electrons. The first-order chi connectivity index (χ1) is 16.0. The van der Waals surface area contributed by atoms with Crippen molar-refractivity contribution in [1.29, 1.82) is 0 Å². The third-order valence-corrected chi connectivity index (χ3v) is 6.79. The van der Waals surface area contributed by atoms with E-state index in [9.17, 15) is 18.7 Å². The third-order valence-electron chi connectivity index (χ3n) is 6.79. The summed E-state index contributed by atoms with van der Waals surface area (Å²) in [5.74, 6) is 2.28. The lowest BCUT2D eigenvalue weighted by Gasteiger charge is -2.35. The van der Waals surface area contributed by atoms with Crippen molar-refractivity contribution in [2.45, 2.75) is 89.6 Å². The molecule has 2 aliphatic rings. The second-order valence-corrected chi connectivity index (χ2v) is 9.53. The van der Waals surface area contributed by atoms with Gasteiger partial charge in [0.1, 0.15) is 28.6 Å². The molecule has 3 rings (SSSR count). The van der Waals surface area contributed by atoms with Gasteiger partial charge in [-0.25, -0.2) is 20.1 Å². The van der Waals surface area contributed by atoms with Gasteiger partial charge in [-0.05, 0) is 30.9 Å². The molecule has 1 saturated carbocycles. The van der Waals surface area contributed by atoms with Crippen molar-refractivity contribution in [3.8, 4) is 11.8 Å². The van der Waals surface area contributed by atoms with Gasteiger partial charge in [-0.15, -0.1) is 0 Å². The minimum atomic E-state index is -1.55. The molecule has 1 aromatic rings. The molecule has 0 spiro atoms. The first-order valence-corrected chi connectivity index (χ1v) is 11.7. The highest BCUT2D eigenvalue weighted by molar-refractivity contribution is 5.83. The van der Waals surface area contributed by atoms with Gasteiger partial charge < -0.3 is 19.4 Å². The van der Waals surface area contributed by atoms with E-state index in [0.29, 0.717) is 0 Å². The number of rotatable bonds is 6. The number of carbonyl (C=O) groups excluding carboxylic acids is 1. The molecular weight excluding hydrogens is 440 g/mol. The fraction of sp³-hybridized carbons (Fsp3) is 0.556. The van der Waals surface area contributed by atoms with E-state index in [0.717, 1.165) is 37.8 Å². The number of hydrogen-bond acceptors (Lipinski definition) is 4. The highest BCUT2D eigenvalue weighted by Gasteiger charge is 2.42. The molecule has 1 N–H and O–H groups in total. The van der Waals surface area contributed by atoms with Crippen LogP contribution in [0.5, 0.6) is 0 Å². The predicted octanol–water partition coefficient (Wildman–Crippen LogP) is 5.76. The Morgan fingerprint density at radius 2 is 1.76 bits per heavy atom. The van der Waals surface area contributed by atoms with E-state index < -0.39 is 34.5 Å². The number of halogens is 2. The van der Waals surface area contributed by atoms with Gasteiger partial charge in [-0.3, -0.25) is 0 Å². The maximum Gasteiger partial charge on any atom is 0.337 e. The van der Waals surface area contributed by atoms with Crippen LogP contribution in [0.2, 0.25) is 0 Å². The molecule has 1 heterocycles. The second-order valence-electron chi connectivity index (χ2n) is 9.53. The van der Waals surface area contributed by atoms with E-state index in [1.165, 1.54) is 6.08 Å². The van der Waals surface area contributed by atoms with Crippen LogP contribution < -0.4 is 0 Å². The summed E-state index contributed by atoms with van der Waals surface area (Å²) in [6.07, 6.45) is 5.07. The fourth-order valence-corrected chi connectivity index (χ4v) is 4.90. The van der Waals surface area contributed by atoms with Crippen LogP contribution in [0.4, 0.5) is 8.78 Å². The Bertz CT molecular complexity index is 1060. The van der Waals surface area contributed by atoms with E-state index in [-0.39, 0.29) is 42.1 Å². The monoisotopic (exact) mass is 471 g/mol. The van der Waals surface area contributed by atoms with Crippen molar-refractivity contribution in [3.63, 3.8) is 0 Å². The summed E-state index contributed by atoms with van der Waals surface area (Å²) >= 11 is 0. The summed E-state index contributed by atoms with van der Waals surface area (Å²) in [5, 5.41) is 11.5. The third kappa shape index (κ3) is 5.26. The first kappa shape index (κ1) is 25.7. The molecule has 0 bridgehead atoms. The minimum Gasteiger partial charge on any atom is -0.457 e. The molecule has 34 heavy (non-hydrogen) atoms. The predicted molar refractivity (Wildman–Crippen MR) is 123 cm³/mol. The summed E-state index contributed by atoms with van der Waals surface area (Å²) < 4.78 is 40.8. The summed E-state index contributed by atoms with van der Waals surface area (Å²) in [5.41, 5.74) is -2.99. The minimum absolute atomic E-state index is 0.0429. The number of nitrogens with zero attached hydrogens (tertiary/aromatic N) is 1. The quantitative estimate of drug-likeness (QED) is 0.326. The molecule has 0 aromatic heterocycles. The van der Waals surface area contributed by atoms with Crippen molar-refractivity contribution in [2.75, 3.05) is 0 Å². The Morgan fingerprint density at radius 1 is 1.18 bits per heavy atom. The Kier molecular flexibility index (Phi) is 7.38. The maximum atomic E-state index is 15.0. The molecular formula is C27H31F2NO4. The van der Waals surface area contributed by atoms with Crippen LogP contribution in [0.3, 0.4) is 0 Å². The summed E-state index contributed by atoms with van der Waals surface area (Å²) in [6.45, 7) is 14.2. The molecule has 1 aliphatic heterocycles. The number of esters is 1. The largest absolute Gasteiger partial charge is 0.457 e. The normalized spacial score (nSPS) is 19.7. The molecule has 0 saturated heterocycles. The second kappa shape index (κ2) is 9.76. The summed E-state index contributed by atoms with van der Waals surface area (Å²) in [7, 11) is 0. The van der Waals surface area contributed by atoms with E-state index >= 15 is 0 Å². The Morgan fingerprint density at radius 3 is 2.26 bits per heavy atom. The fourth-order valence-electron chi connectivity index (χ4n) is 4.90. The van der Waals surface area contributed by atoms with Crippen molar-refractivity contribution in [3.05, 3.63) is 58.1 Å². The van der Waals surface area contributed by atoms with Gasteiger partial charge in [-0.2, -0.15) is 0 Å². The zero-order chi connectivity index (χ0) is 25.1. The van der Waals surface area contributed by atoms with Gasteiger partial charge in [0.2, 0.25) is 5.79 Å². The first-order valence-electron chi connectivity index (χ1n) is 11.7. The van der Waals surface area contributed by atoms with E-state index in [1.807, 2.05) is 0 Å². The van der Waals surface area contributed by atoms with E-state index in [1.54, 1.807) is 27.7 Å². The number of benzene rings is 1. The van der Waals surface area contributed by atoms with Gasteiger partial charge >= 0.3 is 5.97 Å².